The Labute approximate surface area is 226 Å². The number of halogens is 1. The number of nitrogens with zero attached hydrogens (tertiary/aromatic N) is 3. The number of nitro groups is 1. The second-order valence-corrected chi connectivity index (χ2v) is 15.4. The highest BCUT2D eigenvalue weighted by atomic mass is 35.5. The maximum atomic E-state index is 11.0. The normalized spacial score (nSPS) is 15.6. The van der Waals surface area contributed by atoms with E-state index in [1.54, 1.807) is 6.07 Å². The Bertz CT molecular complexity index is 1140. The summed E-state index contributed by atoms with van der Waals surface area (Å²) in [5.74, 6) is 0. The zero-order chi connectivity index (χ0) is 26.5. The van der Waals surface area contributed by atoms with E-state index in [0.29, 0.717) is 18.2 Å². The van der Waals surface area contributed by atoms with Crippen molar-refractivity contribution in [2.75, 3.05) is 39.3 Å². The number of hydrogen-bond donors (Lipinski definition) is 0. The van der Waals surface area contributed by atoms with E-state index >= 15 is 0 Å². The van der Waals surface area contributed by atoms with Crippen molar-refractivity contribution in [3.8, 4) is 0 Å². The van der Waals surface area contributed by atoms with Gasteiger partial charge in [-0.25, -0.2) is 0 Å². The molecule has 6 nitrogen and oxygen atoms in total. The quantitative estimate of drug-likeness (QED) is 0.220. The average Bonchev–Trinajstić information content (AvgIpc) is 2.89. The fraction of sp³-hybridized carbons (Fsp3) is 0.379. The molecule has 0 saturated carbocycles. The Balaban J connectivity index is 1.39. The molecular weight excluding hydrogens is 502 g/mol. The summed E-state index contributed by atoms with van der Waals surface area (Å²) in [5, 5.41) is 14.0. The fourth-order valence-electron chi connectivity index (χ4n) is 5.28. The highest BCUT2D eigenvalue weighted by Crippen LogP contribution is 2.36. The van der Waals surface area contributed by atoms with Crippen LogP contribution in [0.3, 0.4) is 0 Å². The maximum absolute atomic E-state index is 11.0. The molecule has 0 bridgehead atoms. The minimum Gasteiger partial charge on any atom is -0.406 e. The first-order valence-electron chi connectivity index (χ1n) is 12.8. The minimum absolute atomic E-state index is 0.0273. The first kappa shape index (κ1) is 27.5. The average molecular weight is 538 g/mol. The van der Waals surface area contributed by atoms with E-state index in [9.17, 15) is 10.1 Å². The van der Waals surface area contributed by atoms with Crippen molar-refractivity contribution in [1.29, 1.82) is 0 Å². The Morgan fingerprint density at radius 1 is 0.892 bits per heavy atom. The molecule has 8 heteroatoms. The molecule has 1 fully saturated rings. The molecule has 1 aliphatic rings. The second kappa shape index (κ2) is 11.9. The lowest BCUT2D eigenvalue weighted by molar-refractivity contribution is -0.384. The molecule has 1 aliphatic heterocycles. The van der Waals surface area contributed by atoms with Gasteiger partial charge in [0.25, 0.3) is 14.0 Å². The van der Waals surface area contributed by atoms with Gasteiger partial charge in [0.1, 0.15) is 0 Å². The highest BCUT2D eigenvalue weighted by molar-refractivity contribution is 6.99. The van der Waals surface area contributed by atoms with Gasteiger partial charge in [-0.1, -0.05) is 93.0 Å². The van der Waals surface area contributed by atoms with Gasteiger partial charge in [0.2, 0.25) is 0 Å². The van der Waals surface area contributed by atoms with E-state index in [-0.39, 0.29) is 10.7 Å². The van der Waals surface area contributed by atoms with Crippen LogP contribution in [0, 0.1) is 10.1 Å². The molecule has 0 spiro atoms. The Hall–Kier alpha value is -2.55. The largest absolute Gasteiger partial charge is 0.406 e. The number of non-ortho nitro benzene ring substituents is 1. The third kappa shape index (κ3) is 6.30. The molecule has 196 valence electrons. The summed E-state index contributed by atoms with van der Waals surface area (Å²) in [7, 11) is -2.52. The van der Waals surface area contributed by atoms with E-state index in [1.807, 2.05) is 0 Å². The molecule has 1 heterocycles. The van der Waals surface area contributed by atoms with Crippen molar-refractivity contribution in [3.63, 3.8) is 0 Å². The van der Waals surface area contributed by atoms with Gasteiger partial charge in [0.15, 0.2) is 0 Å². The number of benzene rings is 3. The van der Waals surface area contributed by atoms with Crippen molar-refractivity contribution in [2.24, 2.45) is 0 Å². The standard InChI is InChI=1S/C29H36ClN3O3Si/c1-29(2,3)37(26-10-6-4-7-11-26,27-12-8-5-9-13-27)36-21-20-31-16-18-32(19-17-31)23-24-14-15-25(33(34)35)22-28(24)30/h4-15,22H,16-21,23H2,1-3H3. The Kier molecular flexibility index (Phi) is 8.82. The molecule has 0 aromatic heterocycles. The molecule has 4 rings (SSSR count). The molecule has 0 atom stereocenters. The van der Waals surface area contributed by atoms with Gasteiger partial charge >= 0.3 is 0 Å². The molecule has 0 aliphatic carbocycles. The number of piperazine rings is 1. The monoisotopic (exact) mass is 537 g/mol. The minimum atomic E-state index is -2.52. The van der Waals surface area contributed by atoms with E-state index in [0.717, 1.165) is 38.3 Å². The van der Waals surface area contributed by atoms with E-state index < -0.39 is 13.2 Å². The van der Waals surface area contributed by atoms with E-state index in [1.165, 1.54) is 22.5 Å². The summed E-state index contributed by atoms with van der Waals surface area (Å²) in [6.07, 6.45) is 0. The van der Waals surface area contributed by atoms with Gasteiger partial charge in [0, 0.05) is 58.0 Å². The van der Waals surface area contributed by atoms with Crippen LogP contribution in [0.4, 0.5) is 5.69 Å². The zero-order valence-electron chi connectivity index (χ0n) is 21.9. The van der Waals surface area contributed by atoms with E-state index in [4.69, 9.17) is 16.0 Å². The summed E-state index contributed by atoms with van der Waals surface area (Å²) in [4.78, 5) is 15.4. The predicted molar refractivity (Wildman–Crippen MR) is 153 cm³/mol. The topological polar surface area (TPSA) is 58.8 Å². The molecule has 0 amide bonds. The zero-order valence-corrected chi connectivity index (χ0v) is 23.7. The second-order valence-electron chi connectivity index (χ2n) is 10.7. The van der Waals surface area contributed by atoms with Crippen LogP contribution in [0.25, 0.3) is 0 Å². The number of hydrogen-bond acceptors (Lipinski definition) is 5. The van der Waals surface area contributed by atoms with Crippen LogP contribution in [0.2, 0.25) is 10.1 Å². The summed E-state index contributed by atoms with van der Waals surface area (Å²) in [6, 6.07) is 26.3. The van der Waals surface area contributed by atoms with Crippen LogP contribution in [-0.4, -0.2) is 62.4 Å². The van der Waals surface area contributed by atoms with Crippen LogP contribution in [0.5, 0.6) is 0 Å². The van der Waals surface area contributed by atoms with Crippen molar-refractivity contribution in [2.45, 2.75) is 32.4 Å². The van der Waals surface area contributed by atoms with Crippen molar-refractivity contribution in [3.05, 3.63) is 99.6 Å². The SMILES string of the molecule is CC(C)(C)[Si](OCCN1CCN(Cc2ccc([N+](=O)[O-])cc2Cl)CC1)(c1ccccc1)c1ccccc1. The molecular formula is C29H36ClN3O3Si. The molecule has 0 radical (unpaired) electrons. The number of nitro benzene ring substituents is 1. The van der Waals surface area contributed by atoms with Gasteiger partial charge in [-0.05, 0) is 27.0 Å². The molecule has 3 aromatic carbocycles. The van der Waals surface area contributed by atoms with Crippen LogP contribution in [0.1, 0.15) is 26.3 Å². The molecule has 37 heavy (non-hydrogen) atoms. The summed E-state index contributed by atoms with van der Waals surface area (Å²) in [6.45, 7) is 12.9. The van der Waals surface area contributed by atoms with Crippen LogP contribution in [-0.2, 0) is 11.0 Å². The van der Waals surface area contributed by atoms with Gasteiger partial charge in [-0.3, -0.25) is 19.9 Å². The molecule has 1 saturated heterocycles. The van der Waals surface area contributed by atoms with Crippen LogP contribution >= 0.6 is 11.6 Å². The summed E-state index contributed by atoms with van der Waals surface area (Å²) < 4.78 is 7.05. The van der Waals surface area contributed by atoms with Crippen molar-refractivity contribution in [1.82, 2.24) is 9.80 Å². The third-order valence-electron chi connectivity index (χ3n) is 7.25. The Morgan fingerprint density at radius 2 is 1.43 bits per heavy atom. The first-order valence-corrected chi connectivity index (χ1v) is 15.1. The lowest BCUT2D eigenvalue weighted by atomic mass is 10.1. The number of rotatable bonds is 9. The molecule has 0 unspecified atom stereocenters. The predicted octanol–water partition coefficient (Wildman–Crippen LogP) is 4.94. The van der Waals surface area contributed by atoms with Gasteiger partial charge in [0.05, 0.1) is 9.95 Å². The van der Waals surface area contributed by atoms with Gasteiger partial charge in [-0.15, -0.1) is 0 Å². The maximum Gasteiger partial charge on any atom is 0.270 e. The lowest BCUT2D eigenvalue weighted by Crippen LogP contribution is -2.67. The van der Waals surface area contributed by atoms with Gasteiger partial charge in [-0.2, -0.15) is 0 Å². The first-order chi connectivity index (χ1) is 17.7. The molecule has 0 N–H and O–H groups in total. The van der Waals surface area contributed by atoms with Crippen LogP contribution in [0.15, 0.2) is 78.9 Å². The highest BCUT2D eigenvalue weighted by Gasteiger charge is 2.50. The van der Waals surface area contributed by atoms with Crippen LogP contribution < -0.4 is 10.4 Å². The fourth-order valence-corrected chi connectivity index (χ4v) is 10.1. The molecule has 3 aromatic rings. The third-order valence-corrected chi connectivity index (χ3v) is 12.6. The van der Waals surface area contributed by atoms with Crippen molar-refractivity contribution >= 4 is 36.0 Å². The summed E-state index contributed by atoms with van der Waals surface area (Å²) >= 11 is 6.32. The van der Waals surface area contributed by atoms with Crippen molar-refractivity contribution < 1.29 is 9.35 Å². The van der Waals surface area contributed by atoms with E-state index in [2.05, 4.69) is 91.2 Å². The lowest BCUT2D eigenvalue weighted by Gasteiger charge is -2.43. The van der Waals surface area contributed by atoms with Gasteiger partial charge < -0.3 is 4.43 Å². The smallest absolute Gasteiger partial charge is 0.270 e. The Morgan fingerprint density at radius 3 is 1.92 bits per heavy atom. The summed E-state index contributed by atoms with van der Waals surface area (Å²) in [5.41, 5.74) is 0.954.